The summed E-state index contributed by atoms with van der Waals surface area (Å²) in [6, 6.07) is 12.4. The van der Waals surface area contributed by atoms with Crippen LogP contribution < -0.4 is 4.74 Å². The highest BCUT2D eigenvalue weighted by atomic mass is 35.5. The fourth-order valence-corrected chi connectivity index (χ4v) is 2.52. The second kappa shape index (κ2) is 7.44. The third-order valence-corrected chi connectivity index (χ3v) is 3.95. The van der Waals surface area contributed by atoms with E-state index in [9.17, 15) is 4.79 Å². The van der Waals surface area contributed by atoms with Crippen LogP contribution in [0.3, 0.4) is 0 Å². The Hall–Kier alpha value is -2.73. The molecule has 0 N–H and O–H groups in total. The van der Waals surface area contributed by atoms with E-state index >= 15 is 0 Å². The molecule has 0 unspecified atom stereocenters. The first kappa shape index (κ1) is 17.1. The first-order valence-electron chi connectivity index (χ1n) is 7.72. The Morgan fingerprint density at radius 2 is 2.16 bits per heavy atom. The Labute approximate surface area is 150 Å². The van der Waals surface area contributed by atoms with Crippen LogP contribution in [0.15, 0.2) is 53.1 Å². The molecule has 0 aliphatic heterocycles. The summed E-state index contributed by atoms with van der Waals surface area (Å²) < 4.78 is 12.9. The molecule has 6 nitrogen and oxygen atoms in total. The molecule has 0 atom stereocenters. The van der Waals surface area contributed by atoms with Crippen LogP contribution in [0.25, 0.3) is 0 Å². The number of ether oxygens (including phenoxy) is 1. The SMILES string of the molecule is CN(Cc1ccnn1C)C(=O)c1ccc(COc2cccc(Cl)c2)o1. The van der Waals surface area contributed by atoms with Crippen LogP contribution in [0.5, 0.6) is 5.75 Å². The van der Waals surface area contributed by atoms with Gasteiger partial charge in [-0.05, 0) is 36.4 Å². The van der Waals surface area contributed by atoms with Gasteiger partial charge in [0.05, 0.1) is 12.2 Å². The first-order valence-corrected chi connectivity index (χ1v) is 8.10. The fraction of sp³-hybridized carbons (Fsp3) is 0.222. The number of carbonyl (C=O) groups is 1. The topological polar surface area (TPSA) is 60.5 Å². The average Bonchev–Trinajstić information content (AvgIpc) is 3.22. The van der Waals surface area contributed by atoms with Crippen molar-refractivity contribution in [1.82, 2.24) is 14.7 Å². The van der Waals surface area contributed by atoms with E-state index in [0.717, 1.165) is 5.69 Å². The first-order chi connectivity index (χ1) is 12.0. The van der Waals surface area contributed by atoms with Crippen molar-refractivity contribution in [2.24, 2.45) is 7.05 Å². The molecular weight excluding hydrogens is 342 g/mol. The molecule has 0 saturated carbocycles. The van der Waals surface area contributed by atoms with Gasteiger partial charge in [0, 0.05) is 25.3 Å². The van der Waals surface area contributed by atoms with Gasteiger partial charge in [0.15, 0.2) is 5.76 Å². The van der Waals surface area contributed by atoms with Gasteiger partial charge >= 0.3 is 0 Å². The number of hydrogen-bond donors (Lipinski definition) is 0. The summed E-state index contributed by atoms with van der Waals surface area (Å²) in [7, 11) is 3.56. The van der Waals surface area contributed by atoms with Gasteiger partial charge in [0.25, 0.3) is 5.91 Å². The van der Waals surface area contributed by atoms with Crippen LogP contribution in [-0.4, -0.2) is 27.6 Å². The highest BCUT2D eigenvalue weighted by Gasteiger charge is 2.17. The van der Waals surface area contributed by atoms with Crippen molar-refractivity contribution in [3.05, 3.63) is 70.9 Å². The van der Waals surface area contributed by atoms with Crippen molar-refractivity contribution in [1.29, 1.82) is 0 Å². The van der Waals surface area contributed by atoms with E-state index in [0.29, 0.717) is 23.1 Å². The van der Waals surface area contributed by atoms with Crippen LogP contribution in [-0.2, 0) is 20.2 Å². The van der Waals surface area contributed by atoms with Gasteiger partial charge in [0.2, 0.25) is 0 Å². The Kier molecular flexibility index (Phi) is 5.09. The second-order valence-electron chi connectivity index (χ2n) is 5.62. The number of rotatable bonds is 6. The van der Waals surface area contributed by atoms with Gasteiger partial charge in [-0.3, -0.25) is 9.48 Å². The van der Waals surface area contributed by atoms with Crippen molar-refractivity contribution < 1.29 is 13.9 Å². The minimum Gasteiger partial charge on any atom is -0.486 e. The van der Waals surface area contributed by atoms with Crippen molar-refractivity contribution in [3.63, 3.8) is 0 Å². The molecule has 3 aromatic rings. The number of halogens is 1. The molecule has 0 aliphatic rings. The maximum absolute atomic E-state index is 12.5. The second-order valence-corrected chi connectivity index (χ2v) is 6.06. The number of amides is 1. The van der Waals surface area contributed by atoms with E-state index in [4.69, 9.17) is 20.8 Å². The smallest absolute Gasteiger partial charge is 0.289 e. The molecule has 0 fully saturated rings. The molecule has 3 rings (SSSR count). The third-order valence-electron chi connectivity index (χ3n) is 3.72. The third kappa shape index (κ3) is 4.22. The highest BCUT2D eigenvalue weighted by molar-refractivity contribution is 6.30. The molecule has 0 aliphatic carbocycles. The van der Waals surface area contributed by atoms with E-state index < -0.39 is 0 Å². The number of aryl methyl sites for hydroxylation is 1. The lowest BCUT2D eigenvalue weighted by atomic mass is 10.3. The molecule has 0 bridgehead atoms. The lowest BCUT2D eigenvalue weighted by molar-refractivity contribution is 0.0746. The Morgan fingerprint density at radius 1 is 1.32 bits per heavy atom. The standard InChI is InChI=1S/C18H18ClN3O3/c1-21(11-14-8-9-20-22(14)2)18(23)17-7-6-16(25-17)12-24-15-5-3-4-13(19)10-15/h3-10H,11-12H2,1-2H3. The molecule has 130 valence electrons. The number of furan rings is 1. The van der Waals surface area contributed by atoms with Gasteiger partial charge in [-0.15, -0.1) is 0 Å². The number of aromatic nitrogens is 2. The van der Waals surface area contributed by atoms with Gasteiger partial charge in [0.1, 0.15) is 18.1 Å². The van der Waals surface area contributed by atoms with Gasteiger partial charge in [-0.25, -0.2) is 0 Å². The largest absolute Gasteiger partial charge is 0.486 e. The summed E-state index contributed by atoms with van der Waals surface area (Å²) in [5.74, 6) is 1.28. The molecule has 2 aromatic heterocycles. The molecule has 25 heavy (non-hydrogen) atoms. The van der Waals surface area contributed by atoms with E-state index in [-0.39, 0.29) is 18.3 Å². The Bertz CT molecular complexity index is 872. The molecule has 0 spiro atoms. The van der Waals surface area contributed by atoms with Crippen molar-refractivity contribution in [2.45, 2.75) is 13.2 Å². The lowest BCUT2D eigenvalue weighted by Gasteiger charge is -2.15. The van der Waals surface area contributed by atoms with Crippen molar-refractivity contribution in [3.8, 4) is 5.75 Å². The molecule has 1 aromatic carbocycles. The van der Waals surface area contributed by atoms with Gasteiger partial charge in [-0.2, -0.15) is 5.10 Å². The number of hydrogen-bond acceptors (Lipinski definition) is 4. The quantitative estimate of drug-likeness (QED) is 0.675. The molecule has 7 heteroatoms. The fourth-order valence-electron chi connectivity index (χ4n) is 2.34. The minimum absolute atomic E-state index is 0.199. The normalized spacial score (nSPS) is 10.7. The summed E-state index contributed by atoms with van der Waals surface area (Å²) in [5, 5.41) is 4.70. The van der Waals surface area contributed by atoms with E-state index in [2.05, 4.69) is 5.10 Å². The maximum Gasteiger partial charge on any atom is 0.289 e. The number of carbonyl (C=O) groups excluding carboxylic acids is 1. The van der Waals surface area contributed by atoms with E-state index in [1.165, 1.54) is 0 Å². The summed E-state index contributed by atoms with van der Waals surface area (Å²) in [6.07, 6.45) is 1.70. The van der Waals surface area contributed by atoms with Crippen LogP contribution in [0.4, 0.5) is 0 Å². The zero-order chi connectivity index (χ0) is 17.8. The summed E-state index contributed by atoms with van der Waals surface area (Å²) >= 11 is 5.92. The predicted molar refractivity (Wildman–Crippen MR) is 93.5 cm³/mol. The maximum atomic E-state index is 12.5. The molecular formula is C18H18ClN3O3. The number of benzene rings is 1. The summed E-state index contributed by atoms with van der Waals surface area (Å²) in [5.41, 5.74) is 0.937. The predicted octanol–water partition coefficient (Wildman–Crippen LogP) is 3.52. The van der Waals surface area contributed by atoms with Crippen LogP contribution >= 0.6 is 11.6 Å². The van der Waals surface area contributed by atoms with Gasteiger partial charge in [-0.1, -0.05) is 17.7 Å². The molecule has 1 amide bonds. The van der Waals surface area contributed by atoms with Crippen molar-refractivity contribution in [2.75, 3.05) is 7.05 Å². The van der Waals surface area contributed by atoms with E-state index in [1.807, 2.05) is 25.2 Å². The Balaban J connectivity index is 1.60. The monoisotopic (exact) mass is 359 g/mol. The van der Waals surface area contributed by atoms with Crippen LogP contribution in [0, 0.1) is 0 Å². The minimum atomic E-state index is -0.199. The average molecular weight is 360 g/mol. The summed E-state index contributed by atoms with van der Waals surface area (Å²) in [6.45, 7) is 0.670. The summed E-state index contributed by atoms with van der Waals surface area (Å²) in [4.78, 5) is 14.0. The highest BCUT2D eigenvalue weighted by Crippen LogP contribution is 2.19. The number of nitrogens with zero attached hydrogens (tertiary/aromatic N) is 3. The zero-order valence-corrected chi connectivity index (χ0v) is 14.7. The Morgan fingerprint density at radius 3 is 2.88 bits per heavy atom. The van der Waals surface area contributed by atoms with Gasteiger partial charge < -0.3 is 14.1 Å². The van der Waals surface area contributed by atoms with Crippen LogP contribution in [0.2, 0.25) is 5.02 Å². The van der Waals surface area contributed by atoms with E-state index in [1.54, 1.807) is 47.1 Å². The molecule has 0 radical (unpaired) electrons. The zero-order valence-electron chi connectivity index (χ0n) is 14.0. The van der Waals surface area contributed by atoms with Crippen LogP contribution in [0.1, 0.15) is 22.0 Å². The van der Waals surface area contributed by atoms with Crippen molar-refractivity contribution >= 4 is 17.5 Å². The lowest BCUT2D eigenvalue weighted by Crippen LogP contribution is -2.26. The molecule has 0 saturated heterocycles. The molecule has 2 heterocycles.